The summed E-state index contributed by atoms with van der Waals surface area (Å²) in [5.41, 5.74) is 1.16. The summed E-state index contributed by atoms with van der Waals surface area (Å²) in [6, 6.07) is 15.1. The van der Waals surface area contributed by atoms with Crippen LogP contribution in [-0.2, 0) is 37.4 Å². The van der Waals surface area contributed by atoms with Gasteiger partial charge in [-0.1, -0.05) is 12.1 Å². The molecule has 3 aromatic rings. The SMILES string of the molecule is CC(=O)Nc1ccc(S(=O)(=O)N(CCCN2CCOCC2)CC(=O)N(Cc2ccc(F)cc2)Cc2ccco2)cc1. The summed E-state index contributed by atoms with van der Waals surface area (Å²) in [4.78, 5) is 28.8. The summed E-state index contributed by atoms with van der Waals surface area (Å²) in [5, 5.41) is 2.62. The second-order valence-corrected chi connectivity index (χ2v) is 11.7. The monoisotopic (exact) mass is 586 g/mol. The molecule has 10 nitrogen and oxygen atoms in total. The highest BCUT2D eigenvalue weighted by molar-refractivity contribution is 7.89. The van der Waals surface area contributed by atoms with Crippen molar-refractivity contribution < 1.29 is 31.6 Å². The van der Waals surface area contributed by atoms with E-state index in [1.54, 1.807) is 24.3 Å². The van der Waals surface area contributed by atoms with Crippen LogP contribution in [0.4, 0.5) is 10.1 Å². The highest BCUT2D eigenvalue weighted by Gasteiger charge is 2.29. The average Bonchev–Trinajstić information content (AvgIpc) is 3.47. The molecule has 2 heterocycles. The molecule has 2 amide bonds. The van der Waals surface area contributed by atoms with Gasteiger partial charge in [0.2, 0.25) is 21.8 Å². The number of carbonyl (C=O) groups is 2. The number of amides is 2. The lowest BCUT2D eigenvalue weighted by Crippen LogP contribution is -2.44. The number of ether oxygens (including phenoxy) is 1. The highest BCUT2D eigenvalue weighted by atomic mass is 32.2. The van der Waals surface area contributed by atoms with Crippen LogP contribution in [0.5, 0.6) is 0 Å². The molecular weight excluding hydrogens is 551 g/mol. The van der Waals surface area contributed by atoms with Crippen LogP contribution >= 0.6 is 0 Å². The molecule has 2 aromatic carbocycles. The molecule has 41 heavy (non-hydrogen) atoms. The first kappa shape index (κ1) is 30.4. The minimum absolute atomic E-state index is 0.0156. The van der Waals surface area contributed by atoms with Gasteiger partial charge >= 0.3 is 0 Å². The number of benzene rings is 2. The van der Waals surface area contributed by atoms with Gasteiger partial charge in [0, 0.05) is 38.8 Å². The number of morpholine rings is 1. The largest absolute Gasteiger partial charge is 0.467 e. The van der Waals surface area contributed by atoms with Crippen LogP contribution in [0, 0.1) is 5.82 Å². The highest BCUT2D eigenvalue weighted by Crippen LogP contribution is 2.20. The number of furan rings is 1. The Morgan fingerprint density at radius 2 is 1.71 bits per heavy atom. The van der Waals surface area contributed by atoms with Crippen LogP contribution in [0.3, 0.4) is 0 Å². The van der Waals surface area contributed by atoms with Gasteiger partial charge in [0.15, 0.2) is 0 Å². The number of hydrogen-bond donors (Lipinski definition) is 1. The summed E-state index contributed by atoms with van der Waals surface area (Å²) in [6.07, 6.45) is 2.02. The molecule has 0 unspecified atom stereocenters. The quantitative estimate of drug-likeness (QED) is 0.327. The van der Waals surface area contributed by atoms with Gasteiger partial charge in [-0.25, -0.2) is 12.8 Å². The lowest BCUT2D eigenvalue weighted by molar-refractivity contribution is -0.133. The molecule has 1 saturated heterocycles. The van der Waals surface area contributed by atoms with Crippen molar-refractivity contribution in [2.45, 2.75) is 31.3 Å². The number of anilines is 1. The molecule has 0 saturated carbocycles. The number of halogens is 1. The fraction of sp³-hybridized carbons (Fsp3) is 0.379. The van der Waals surface area contributed by atoms with E-state index < -0.39 is 15.9 Å². The van der Waals surface area contributed by atoms with E-state index in [9.17, 15) is 22.4 Å². The van der Waals surface area contributed by atoms with Gasteiger partial charge in [0.05, 0.1) is 37.5 Å². The number of carbonyl (C=O) groups excluding carboxylic acids is 2. The van der Waals surface area contributed by atoms with E-state index in [1.165, 1.54) is 58.8 Å². The van der Waals surface area contributed by atoms with Gasteiger partial charge in [-0.15, -0.1) is 0 Å². The molecule has 220 valence electrons. The molecule has 0 bridgehead atoms. The Bertz CT molecular complexity index is 1380. The molecule has 1 aliphatic heterocycles. The Kier molecular flexibility index (Phi) is 10.6. The van der Waals surface area contributed by atoms with E-state index in [0.29, 0.717) is 43.2 Å². The molecular formula is C29H35FN4O6S. The number of sulfonamides is 1. The van der Waals surface area contributed by atoms with E-state index in [-0.39, 0.29) is 42.8 Å². The zero-order chi connectivity index (χ0) is 29.2. The van der Waals surface area contributed by atoms with E-state index in [2.05, 4.69) is 10.2 Å². The van der Waals surface area contributed by atoms with Crippen molar-refractivity contribution in [3.63, 3.8) is 0 Å². The smallest absolute Gasteiger partial charge is 0.243 e. The fourth-order valence-corrected chi connectivity index (χ4v) is 5.95. The Hall–Kier alpha value is -3.58. The van der Waals surface area contributed by atoms with E-state index in [1.807, 2.05) is 0 Å². The Morgan fingerprint density at radius 3 is 2.34 bits per heavy atom. The van der Waals surface area contributed by atoms with E-state index in [4.69, 9.17) is 9.15 Å². The number of hydrogen-bond acceptors (Lipinski definition) is 7. The second-order valence-electron chi connectivity index (χ2n) is 9.81. The number of nitrogens with zero attached hydrogens (tertiary/aromatic N) is 3. The first-order valence-corrected chi connectivity index (χ1v) is 14.9. The molecule has 0 radical (unpaired) electrons. The third-order valence-corrected chi connectivity index (χ3v) is 8.54. The molecule has 12 heteroatoms. The maximum absolute atomic E-state index is 13.8. The lowest BCUT2D eigenvalue weighted by atomic mass is 10.2. The van der Waals surface area contributed by atoms with Gasteiger partial charge < -0.3 is 19.4 Å². The third-order valence-electron chi connectivity index (χ3n) is 6.68. The second kappa shape index (κ2) is 14.4. The minimum Gasteiger partial charge on any atom is -0.467 e. The van der Waals surface area contributed by atoms with Crippen LogP contribution < -0.4 is 5.32 Å². The van der Waals surface area contributed by atoms with E-state index in [0.717, 1.165) is 13.1 Å². The molecule has 0 spiro atoms. The number of nitrogens with one attached hydrogen (secondary N) is 1. The van der Waals surface area contributed by atoms with Crippen molar-refractivity contribution in [3.05, 3.63) is 84.1 Å². The standard InChI is InChI=1S/C29H35FN4O6S/c1-23(35)31-26-9-11-28(12-10-26)41(37,38)34(14-3-13-32-15-18-39-19-16-32)22-29(36)33(21-27-4-2-17-40-27)20-24-5-7-25(30)8-6-24/h2,4-12,17H,3,13-16,18-22H2,1H3,(H,31,35). The molecule has 1 aliphatic rings. The van der Waals surface area contributed by atoms with Crippen LogP contribution in [0.25, 0.3) is 0 Å². The Labute approximate surface area is 239 Å². The zero-order valence-electron chi connectivity index (χ0n) is 23.0. The predicted molar refractivity (Wildman–Crippen MR) is 151 cm³/mol. The summed E-state index contributed by atoms with van der Waals surface area (Å²) < 4.78 is 53.1. The molecule has 1 aromatic heterocycles. The zero-order valence-corrected chi connectivity index (χ0v) is 23.8. The summed E-state index contributed by atoms with van der Waals surface area (Å²) >= 11 is 0. The van der Waals surface area contributed by atoms with E-state index >= 15 is 0 Å². The first-order chi connectivity index (χ1) is 19.7. The fourth-order valence-electron chi connectivity index (χ4n) is 4.53. The maximum Gasteiger partial charge on any atom is 0.243 e. The normalized spacial score (nSPS) is 14.2. The van der Waals surface area contributed by atoms with Gasteiger partial charge in [0.25, 0.3) is 0 Å². The molecule has 0 atom stereocenters. The van der Waals surface area contributed by atoms with Crippen LogP contribution in [-0.4, -0.2) is 80.3 Å². The Morgan fingerprint density at radius 1 is 1.00 bits per heavy atom. The van der Waals surface area contributed by atoms with Crippen molar-refractivity contribution in [1.82, 2.24) is 14.1 Å². The predicted octanol–water partition coefficient (Wildman–Crippen LogP) is 3.32. The van der Waals surface area contributed by atoms with Gasteiger partial charge in [0.1, 0.15) is 11.6 Å². The first-order valence-electron chi connectivity index (χ1n) is 13.4. The molecule has 4 rings (SSSR count). The van der Waals surface area contributed by atoms with Gasteiger partial charge in [-0.05, 0) is 67.1 Å². The van der Waals surface area contributed by atoms with Crippen molar-refractivity contribution in [2.24, 2.45) is 0 Å². The van der Waals surface area contributed by atoms with Crippen molar-refractivity contribution in [1.29, 1.82) is 0 Å². The summed E-state index contributed by atoms with van der Waals surface area (Å²) in [6.45, 7) is 4.84. The Balaban J connectivity index is 1.55. The lowest BCUT2D eigenvalue weighted by Gasteiger charge is -2.29. The number of rotatable bonds is 13. The average molecular weight is 587 g/mol. The van der Waals surface area contributed by atoms with Crippen LogP contribution in [0.15, 0.2) is 76.2 Å². The summed E-state index contributed by atoms with van der Waals surface area (Å²) in [7, 11) is -4.06. The molecule has 1 N–H and O–H groups in total. The van der Waals surface area contributed by atoms with Crippen molar-refractivity contribution in [3.8, 4) is 0 Å². The van der Waals surface area contributed by atoms with Gasteiger partial charge in [-0.3, -0.25) is 14.5 Å². The topological polar surface area (TPSA) is 112 Å². The van der Waals surface area contributed by atoms with Crippen LogP contribution in [0.1, 0.15) is 24.7 Å². The van der Waals surface area contributed by atoms with Gasteiger partial charge in [-0.2, -0.15) is 4.31 Å². The third kappa shape index (κ3) is 8.95. The molecule has 0 aliphatic carbocycles. The van der Waals surface area contributed by atoms with Crippen molar-refractivity contribution >= 4 is 27.5 Å². The minimum atomic E-state index is -4.06. The van der Waals surface area contributed by atoms with Crippen LogP contribution in [0.2, 0.25) is 0 Å². The van der Waals surface area contributed by atoms with Crippen molar-refractivity contribution in [2.75, 3.05) is 51.3 Å². The molecule has 1 fully saturated rings. The summed E-state index contributed by atoms with van der Waals surface area (Å²) in [5.74, 6) is -0.542. The maximum atomic E-state index is 13.8.